The molecule has 90 valence electrons. The third kappa shape index (κ3) is 3.31. The van der Waals surface area contributed by atoms with Crippen molar-refractivity contribution in [3.63, 3.8) is 0 Å². The Kier molecular flexibility index (Phi) is 5.33. The predicted octanol–water partition coefficient (Wildman–Crippen LogP) is 0.796. The Morgan fingerprint density at radius 1 is 1.13 bits per heavy atom. The molecule has 2 aliphatic rings. The van der Waals surface area contributed by atoms with Crippen LogP contribution in [0.15, 0.2) is 0 Å². The largest absolute Gasteiger partial charge is 0.314 e. The number of rotatable bonds is 1. The molecule has 2 fully saturated rings. The van der Waals surface area contributed by atoms with Crippen molar-refractivity contribution in [2.75, 3.05) is 39.8 Å². The average molecular weight is 234 g/mol. The van der Waals surface area contributed by atoms with Crippen LogP contribution < -0.4 is 5.32 Å². The molecule has 0 aliphatic carbocycles. The first kappa shape index (κ1) is 13.2. The molecule has 0 unspecified atom stereocenters. The first-order chi connectivity index (χ1) is 6.77. The zero-order valence-electron chi connectivity index (χ0n) is 9.91. The van der Waals surface area contributed by atoms with E-state index in [0.29, 0.717) is 0 Å². The number of nitrogens with zero attached hydrogens (tertiary/aromatic N) is 2. The minimum Gasteiger partial charge on any atom is -0.314 e. The van der Waals surface area contributed by atoms with Crippen LogP contribution in [-0.2, 0) is 0 Å². The zero-order valence-corrected chi connectivity index (χ0v) is 10.7. The van der Waals surface area contributed by atoms with E-state index in [1.165, 1.54) is 45.6 Å². The van der Waals surface area contributed by atoms with Crippen LogP contribution in [0.1, 0.15) is 19.8 Å². The summed E-state index contributed by atoms with van der Waals surface area (Å²) in [4.78, 5) is 5.16. The molecule has 2 heterocycles. The second-order valence-electron chi connectivity index (χ2n) is 4.83. The van der Waals surface area contributed by atoms with Gasteiger partial charge in [0.05, 0.1) is 0 Å². The summed E-state index contributed by atoms with van der Waals surface area (Å²) in [5.41, 5.74) is 0. The van der Waals surface area contributed by atoms with Gasteiger partial charge in [0, 0.05) is 31.7 Å². The Morgan fingerprint density at radius 3 is 2.40 bits per heavy atom. The van der Waals surface area contributed by atoms with Gasteiger partial charge < -0.3 is 10.2 Å². The van der Waals surface area contributed by atoms with Gasteiger partial charge in [-0.25, -0.2) is 0 Å². The number of hydrogen-bond acceptors (Lipinski definition) is 3. The number of nitrogens with one attached hydrogen (secondary N) is 1. The standard InChI is InChI=1S/C11H23N3.ClH/c1-10-9-12-5-8-14(10)11-3-6-13(2)7-4-11;/h10-12H,3-9H2,1-2H3;1H/t10-;/m0./s1. The van der Waals surface area contributed by atoms with Crippen LogP contribution in [0, 0.1) is 0 Å². The highest BCUT2D eigenvalue weighted by molar-refractivity contribution is 5.85. The summed E-state index contributed by atoms with van der Waals surface area (Å²) in [5, 5.41) is 3.46. The molecule has 0 saturated carbocycles. The molecule has 0 bridgehead atoms. The van der Waals surface area contributed by atoms with Crippen molar-refractivity contribution in [2.45, 2.75) is 31.8 Å². The Morgan fingerprint density at radius 2 is 1.80 bits per heavy atom. The summed E-state index contributed by atoms with van der Waals surface area (Å²) in [6.45, 7) is 8.51. The summed E-state index contributed by atoms with van der Waals surface area (Å²) in [5.74, 6) is 0. The van der Waals surface area contributed by atoms with Crippen molar-refractivity contribution in [1.29, 1.82) is 0 Å². The molecule has 2 saturated heterocycles. The minimum atomic E-state index is 0. The minimum absolute atomic E-state index is 0. The Labute approximate surface area is 99.6 Å². The second kappa shape index (κ2) is 6.04. The summed E-state index contributed by atoms with van der Waals surface area (Å²) >= 11 is 0. The molecule has 15 heavy (non-hydrogen) atoms. The fourth-order valence-electron chi connectivity index (χ4n) is 2.73. The summed E-state index contributed by atoms with van der Waals surface area (Å²) in [6.07, 6.45) is 2.72. The van der Waals surface area contributed by atoms with E-state index in [-0.39, 0.29) is 12.4 Å². The van der Waals surface area contributed by atoms with Gasteiger partial charge >= 0.3 is 0 Å². The van der Waals surface area contributed by atoms with Gasteiger partial charge in [-0.2, -0.15) is 0 Å². The topological polar surface area (TPSA) is 18.5 Å². The zero-order chi connectivity index (χ0) is 9.97. The van der Waals surface area contributed by atoms with E-state index in [9.17, 15) is 0 Å². The van der Waals surface area contributed by atoms with Crippen molar-refractivity contribution in [1.82, 2.24) is 15.1 Å². The maximum atomic E-state index is 3.46. The van der Waals surface area contributed by atoms with Crippen LogP contribution in [0.25, 0.3) is 0 Å². The van der Waals surface area contributed by atoms with E-state index in [1.54, 1.807) is 0 Å². The lowest BCUT2D eigenvalue weighted by Crippen LogP contribution is -2.56. The van der Waals surface area contributed by atoms with Gasteiger partial charge in [0.15, 0.2) is 0 Å². The Hall–Kier alpha value is 0.170. The Bertz CT molecular complexity index is 181. The lowest BCUT2D eigenvalue weighted by Gasteiger charge is -2.43. The monoisotopic (exact) mass is 233 g/mol. The predicted molar refractivity (Wildman–Crippen MR) is 66.8 cm³/mol. The highest BCUT2D eigenvalue weighted by Gasteiger charge is 2.27. The molecule has 2 rings (SSSR count). The van der Waals surface area contributed by atoms with Crippen molar-refractivity contribution < 1.29 is 0 Å². The van der Waals surface area contributed by atoms with E-state index < -0.39 is 0 Å². The lowest BCUT2D eigenvalue weighted by molar-refractivity contribution is 0.0718. The van der Waals surface area contributed by atoms with E-state index in [1.807, 2.05) is 0 Å². The first-order valence-corrected chi connectivity index (χ1v) is 5.92. The van der Waals surface area contributed by atoms with Crippen LogP contribution >= 0.6 is 12.4 Å². The van der Waals surface area contributed by atoms with Crippen LogP contribution in [-0.4, -0.2) is 61.7 Å². The molecule has 0 amide bonds. The van der Waals surface area contributed by atoms with Crippen molar-refractivity contribution in [3.8, 4) is 0 Å². The smallest absolute Gasteiger partial charge is 0.0195 e. The highest BCUT2D eigenvalue weighted by Crippen LogP contribution is 2.18. The maximum Gasteiger partial charge on any atom is 0.0195 e. The van der Waals surface area contributed by atoms with Crippen molar-refractivity contribution >= 4 is 12.4 Å². The number of piperazine rings is 1. The van der Waals surface area contributed by atoms with E-state index >= 15 is 0 Å². The first-order valence-electron chi connectivity index (χ1n) is 5.92. The van der Waals surface area contributed by atoms with Gasteiger partial charge in [-0.3, -0.25) is 4.90 Å². The number of piperidine rings is 1. The van der Waals surface area contributed by atoms with Crippen LogP contribution in [0.3, 0.4) is 0 Å². The molecule has 1 N–H and O–H groups in total. The molecule has 3 nitrogen and oxygen atoms in total. The number of halogens is 1. The van der Waals surface area contributed by atoms with E-state index in [0.717, 1.165) is 12.1 Å². The third-order valence-corrected chi connectivity index (χ3v) is 3.71. The van der Waals surface area contributed by atoms with Gasteiger partial charge in [0.2, 0.25) is 0 Å². The van der Waals surface area contributed by atoms with E-state index in [4.69, 9.17) is 0 Å². The fourth-order valence-corrected chi connectivity index (χ4v) is 2.73. The van der Waals surface area contributed by atoms with Gasteiger partial charge in [-0.1, -0.05) is 0 Å². The second-order valence-corrected chi connectivity index (χ2v) is 4.83. The third-order valence-electron chi connectivity index (χ3n) is 3.71. The molecule has 0 aromatic carbocycles. The summed E-state index contributed by atoms with van der Waals surface area (Å²) < 4.78 is 0. The molecule has 0 aromatic heterocycles. The molecule has 4 heteroatoms. The summed E-state index contributed by atoms with van der Waals surface area (Å²) in [6, 6.07) is 1.58. The van der Waals surface area contributed by atoms with Gasteiger partial charge in [-0.15, -0.1) is 12.4 Å². The molecule has 0 radical (unpaired) electrons. The van der Waals surface area contributed by atoms with Crippen LogP contribution in [0.2, 0.25) is 0 Å². The normalized spacial score (nSPS) is 31.2. The average Bonchev–Trinajstić information content (AvgIpc) is 2.20. The SMILES string of the molecule is C[C@H]1CNCCN1C1CCN(C)CC1.Cl. The van der Waals surface area contributed by atoms with Crippen molar-refractivity contribution in [2.24, 2.45) is 0 Å². The highest BCUT2D eigenvalue weighted by atomic mass is 35.5. The Balaban J connectivity index is 0.00000112. The molecular formula is C11H24ClN3. The van der Waals surface area contributed by atoms with Crippen LogP contribution in [0.5, 0.6) is 0 Å². The molecule has 2 aliphatic heterocycles. The van der Waals surface area contributed by atoms with Gasteiger partial charge in [0.1, 0.15) is 0 Å². The quantitative estimate of drug-likeness (QED) is 0.723. The molecular weight excluding hydrogens is 210 g/mol. The maximum absolute atomic E-state index is 3.46. The van der Waals surface area contributed by atoms with Crippen LogP contribution in [0.4, 0.5) is 0 Å². The van der Waals surface area contributed by atoms with Gasteiger partial charge in [0.25, 0.3) is 0 Å². The molecule has 0 aromatic rings. The molecule has 1 atom stereocenters. The number of likely N-dealkylation sites (tertiary alicyclic amines) is 1. The number of hydrogen-bond donors (Lipinski definition) is 1. The van der Waals surface area contributed by atoms with Crippen molar-refractivity contribution in [3.05, 3.63) is 0 Å². The molecule has 0 spiro atoms. The van der Waals surface area contributed by atoms with E-state index in [2.05, 4.69) is 29.1 Å². The van der Waals surface area contributed by atoms with Gasteiger partial charge in [-0.05, 0) is 39.9 Å². The summed E-state index contributed by atoms with van der Waals surface area (Å²) in [7, 11) is 2.23. The lowest BCUT2D eigenvalue weighted by atomic mass is 10.0. The fraction of sp³-hybridized carbons (Fsp3) is 1.00.